The highest BCUT2D eigenvalue weighted by atomic mass is 16.4. The molecule has 0 aliphatic carbocycles. The molecule has 0 fully saturated rings. The monoisotopic (exact) mass is 721 g/mol. The van der Waals surface area contributed by atoms with E-state index < -0.39 is 95.9 Å². The third-order valence-corrected chi connectivity index (χ3v) is 8.01. The van der Waals surface area contributed by atoms with Crippen LogP contribution in [0.3, 0.4) is 0 Å². The highest BCUT2D eigenvalue weighted by Gasteiger charge is 2.35. The molecule has 0 radical (unpaired) electrons. The van der Waals surface area contributed by atoms with Gasteiger partial charge in [0.25, 0.3) is 5.91 Å². The number of carboxylic acid groups (broad SMARTS) is 1. The van der Waals surface area contributed by atoms with Gasteiger partial charge in [0.1, 0.15) is 36.0 Å². The average molecular weight is 722 g/mol. The Kier molecular flexibility index (Phi) is 18.1. The summed E-state index contributed by atoms with van der Waals surface area (Å²) in [6, 6.07) is -1.64. The van der Waals surface area contributed by atoms with E-state index in [4.69, 9.17) is 16.6 Å². The molecule has 0 saturated carbocycles. The Labute approximate surface area is 296 Å². The van der Waals surface area contributed by atoms with E-state index in [-0.39, 0.29) is 30.9 Å². The highest BCUT2D eigenvalue weighted by Crippen LogP contribution is 2.14. The van der Waals surface area contributed by atoms with Crippen molar-refractivity contribution in [1.29, 1.82) is 0 Å². The van der Waals surface area contributed by atoms with Crippen molar-refractivity contribution in [2.45, 2.75) is 109 Å². The summed E-state index contributed by atoms with van der Waals surface area (Å²) in [5, 5.41) is 31.1. The second-order valence-corrected chi connectivity index (χ2v) is 13.0. The average Bonchev–Trinajstić information content (AvgIpc) is 3.04. The van der Waals surface area contributed by atoms with Gasteiger partial charge in [-0.25, -0.2) is 0 Å². The van der Waals surface area contributed by atoms with E-state index >= 15 is 0 Å². The summed E-state index contributed by atoms with van der Waals surface area (Å²) in [5.41, 5.74) is 15.0. The second-order valence-electron chi connectivity index (χ2n) is 13.0. The summed E-state index contributed by atoms with van der Waals surface area (Å²) in [5.74, 6) is -7.69. The molecule has 18 nitrogen and oxygen atoms in total. The smallest absolute Gasteiger partial charge is 0.325 e. The zero-order chi connectivity index (χ0) is 39.0. The summed E-state index contributed by atoms with van der Waals surface area (Å²) < 4.78 is 0. The number of carbonyl (C=O) groups is 8. The molecule has 1 rings (SSSR count). The Hall–Kier alpha value is -5.26. The van der Waals surface area contributed by atoms with E-state index in [9.17, 15) is 43.5 Å². The summed E-state index contributed by atoms with van der Waals surface area (Å²) in [4.78, 5) is 101. The van der Waals surface area contributed by atoms with Crippen LogP contribution in [-0.4, -0.2) is 93.8 Å². The number of rotatable bonds is 22. The van der Waals surface area contributed by atoms with Gasteiger partial charge in [-0.15, -0.1) is 0 Å². The molecule has 0 aromatic heterocycles. The topological polar surface area (TPSA) is 317 Å². The predicted octanol–water partition coefficient (Wildman–Crippen LogP) is -2.69. The third kappa shape index (κ3) is 15.9. The van der Waals surface area contributed by atoms with Gasteiger partial charge in [-0.3, -0.25) is 38.4 Å². The molecule has 0 saturated heterocycles. The highest BCUT2D eigenvalue weighted by molar-refractivity contribution is 5.97. The number of quaternary nitrogens is 1. The van der Waals surface area contributed by atoms with Gasteiger partial charge in [0.2, 0.25) is 35.4 Å². The minimum Gasteiger partial charge on any atom is -0.508 e. The minimum absolute atomic E-state index is 0.00151. The zero-order valence-corrected chi connectivity index (χ0v) is 29.7. The van der Waals surface area contributed by atoms with Crippen molar-refractivity contribution in [3.63, 3.8) is 0 Å². The molecule has 0 heterocycles. The molecule has 1 aromatic carbocycles. The molecule has 51 heavy (non-hydrogen) atoms. The van der Waals surface area contributed by atoms with Gasteiger partial charge in [-0.05, 0) is 42.9 Å². The number of amides is 7. The first-order valence-electron chi connectivity index (χ1n) is 16.7. The number of hydrogen-bond acceptors (Lipinski definition) is 9. The standard InChI is InChI=1S/C33H52N8O10/c1-6-17(4)27(41-31(48)23(14-19-7-9-20(42)10-8-19)39-28(45)21(34)13-16(2)3)32(49)38-22(11-12-25(35)43)29(46)40-24(15-26(36)44)30(47)37-18(5)33(50)51/h7-10,16-18,21-24,27,42H,6,11-15,34H2,1-5H3,(H2,35,43)(H2,36,44)(H,37,47)(H,38,49)(H,39,45)(H,40,46)(H,41,48)(H,50,51)/p+1/t17-,18-,21-,22-,23-,24-,27-/m0/s1. The molecule has 0 spiro atoms. The van der Waals surface area contributed by atoms with Crippen LogP contribution < -0.4 is 43.8 Å². The van der Waals surface area contributed by atoms with Crippen LogP contribution in [0.15, 0.2) is 24.3 Å². The lowest BCUT2D eigenvalue weighted by Gasteiger charge is -2.29. The number of carbonyl (C=O) groups excluding carboxylic acids is 7. The molecule has 1 aromatic rings. The Bertz CT molecular complexity index is 1400. The number of carboxylic acids is 1. The number of phenolic OH excluding ortho intramolecular Hbond substituents is 1. The number of benzene rings is 1. The van der Waals surface area contributed by atoms with E-state index in [0.29, 0.717) is 18.4 Å². The lowest BCUT2D eigenvalue weighted by Crippen LogP contribution is -2.69. The van der Waals surface area contributed by atoms with Gasteiger partial charge in [0, 0.05) is 19.3 Å². The van der Waals surface area contributed by atoms with Gasteiger partial charge < -0.3 is 54.0 Å². The molecule has 7 atom stereocenters. The first kappa shape index (κ1) is 43.8. The minimum atomic E-state index is -1.63. The van der Waals surface area contributed by atoms with E-state index in [2.05, 4.69) is 32.3 Å². The van der Waals surface area contributed by atoms with Crippen LogP contribution in [0.25, 0.3) is 0 Å². The van der Waals surface area contributed by atoms with Crippen molar-refractivity contribution in [2.75, 3.05) is 0 Å². The number of nitrogens with two attached hydrogens (primary N) is 2. The fourth-order valence-electron chi connectivity index (χ4n) is 4.87. The van der Waals surface area contributed by atoms with Crippen molar-refractivity contribution in [3.8, 4) is 5.75 Å². The Morgan fingerprint density at radius 3 is 1.76 bits per heavy atom. The van der Waals surface area contributed by atoms with Gasteiger partial charge in [-0.1, -0.05) is 46.2 Å². The molecule has 7 amide bonds. The molecule has 18 heteroatoms. The van der Waals surface area contributed by atoms with E-state index in [1.807, 2.05) is 13.8 Å². The molecule has 0 unspecified atom stereocenters. The fourth-order valence-corrected chi connectivity index (χ4v) is 4.87. The van der Waals surface area contributed by atoms with Gasteiger partial charge >= 0.3 is 5.97 Å². The first-order chi connectivity index (χ1) is 23.7. The lowest BCUT2D eigenvalue weighted by molar-refractivity contribution is -0.406. The Balaban J connectivity index is 3.36. The Morgan fingerprint density at radius 2 is 1.25 bits per heavy atom. The largest absolute Gasteiger partial charge is 0.508 e. The first-order valence-corrected chi connectivity index (χ1v) is 16.7. The van der Waals surface area contributed by atoms with Crippen LogP contribution in [-0.2, 0) is 44.8 Å². The van der Waals surface area contributed by atoms with Crippen LogP contribution in [0.2, 0.25) is 0 Å². The fraction of sp³-hybridized carbons (Fsp3) is 0.576. The maximum absolute atomic E-state index is 13.8. The number of primary amides is 2. The molecule has 0 aliphatic rings. The number of phenols is 1. The Morgan fingerprint density at radius 1 is 0.725 bits per heavy atom. The maximum Gasteiger partial charge on any atom is 0.325 e. The normalized spacial score (nSPS) is 15.1. The van der Waals surface area contributed by atoms with Crippen LogP contribution in [0.5, 0.6) is 5.75 Å². The SMILES string of the molecule is CC[C@H](C)[C@H](NC(=O)[C@H](Cc1ccc(O)cc1)NC(=O)[C@@H]([NH3+])CC(C)C)C(=O)N[C@@H](CCC(N)=O)C(=O)N[C@@H](CC(N)=O)C(=O)N[C@@H](C)C(=O)O. The van der Waals surface area contributed by atoms with Crippen molar-refractivity contribution in [1.82, 2.24) is 26.6 Å². The molecule has 284 valence electrons. The van der Waals surface area contributed by atoms with E-state index in [1.54, 1.807) is 26.0 Å². The third-order valence-electron chi connectivity index (χ3n) is 8.01. The lowest BCUT2D eigenvalue weighted by atomic mass is 9.96. The number of aliphatic carboxylic acids is 1. The summed E-state index contributed by atoms with van der Waals surface area (Å²) in [6.45, 7) is 8.43. The molecular formula is C33H53N8O10+. The van der Waals surface area contributed by atoms with Crippen molar-refractivity contribution < 1.29 is 54.3 Å². The second kappa shape index (κ2) is 21.1. The van der Waals surface area contributed by atoms with Crippen molar-refractivity contribution >= 4 is 47.3 Å². The molecule has 0 aliphatic heterocycles. The predicted molar refractivity (Wildman–Crippen MR) is 183 cm³/mol. The molecule has 0 bridgehead atoms. The quantitative estimate of drug-likeness (QED) is 0.0591. The van der Waals surface area contributed by atoms with Crippen LogP contribution in [0, 0.1) is 11.8 Å². The van der Waals surface area contributed by atoms with E-state index in [0.717, 1.165) is 6.92 Å². The summed E-state index contributed by atoms with van der Waals surface area (Å²) in [7, 11) is 0. The molecule has 14 N–H and O–H groups in total. The summed E-state index contributed by atoms with van der Waals surface area (Å²) in [6.07, 6.45) is -0.619. The van der Waals surface area contributed by atoms with Gasteiger partial charge in [-0.2, -0.15) is 0 Å². The number of nitrogens with one attached hydrogen (secondary N) is 5. The van der Waals surface area contributed by atoms with Gasteiger partial charge in [0.05, 0.1) is 6.42 Å². The van der Waals surface area contributed by atoms with Gasteiger partial charge in [0.15, 0.2) is 6.04 Å². The summed E-state index contributed by atoms with van der Waals surface area (Å²) >= 11 is 0. The molecular weight excluding hydrogens is 668 g/mol. The van der Waals surface area contributed by atoms with E-state index in [1.165, 1.54) is 12.1 Å². The van der Waals surface area contributed by atoms with Crippen molar-refractivity contribution in [2.24, 2.45) is 23.3 Å². The van der Waals surface area contributed by atoms with Crippen LogP contribution >= 0.6 is 0 Å². The maximum atomic E-state index is 13.8. The van der Waals surface area contributed by atoms with Crippen LogP contribution in [0.4, 0.5) is 0 Å². The number of hydrogen-bond donors (Lipinski definition) is 10. The zero-order valence-electron chi connectivity index (χ0n) is 29.7. The number of aromatic hydroxyl groups is 1. The van der Waals surface area contributed by atoms with Crippen molar-refractivity contribution in [3.05, 3.63) is 29.8 Å². The van der Waals surface area contributed by atoms with Crippen LogP contribution in [0.1, 0.15) is 72.3 Å².